The van der Waals surface area contributed by atoms with Crippen molar-refractivity contribution in [2.75, 3.05) is 19.1 Å². The van der Waals surface area contributed by atoms with Crippen LogP contribution in [-0.2, 0) is 0 Å². The highest BCUT2D eigenvalue weighted by Crippen LogP contribution is 2.25. The molecule has 1 aromatic carbocycles. The highest BCUT2D eigenvalue weighted by atomic mass is 16.5. The first-order valence-electron chi connectivity index (χ1n) is 5.96. The zero-order chi connectivity index (χ0) is 13.8. The Hall–Kier alpha value is -2.36. The Morgan fingerprint density at radius 3 is 2.63 bits per heavy atom. The third-order valence-electron chi connectivity index (χ3n) is 2.94. The number of ether oxygens (including phenoxy) is 1. The first kappa shape index (κ1) is 13.1. The summed E-state index contributed by atoms with van der Waals surface area (Å²) in [5, 5.41) is 0. The summed E-state index contributed by atoms with van der Waals surface area (Å²) < 4.78 is 5.20. The van der Waals surface area contributed by atoms with Crippen molar-refractivity contribution in [3.8, 4) is 5.75 Å². The van der Waals surface area contributed by atoms with Crippen molar-refractivity contribution in [2.24, 2.45) is 0 Å². The van der Waals surface area contributed by atoms with Crippen LogP contribution in [0, 0.1) is 0 Å². The van der Waals surface area contributed by atoms with Gasteiger partial charge in [0.05, 0.1) is 7.11 Å². The van der Waals surface area contributed by atoms with Crippen molar-refractivity contribution in [1.82, 2.24) is 4.98 Å². The standard InChI is InChI=1S/C15H16N2O2/c1-11(18)12-7-8-15(16-10-12)17(2)13-5-4-6-14(9-13)19-3/h4-10H,1-3H3. The molecule has 0 fully saturated rings. The van der Waals surface area contributed by atoms with Gasteiger partial charge < -0.3 is 9.64 Å². The Morgan fingerprint density at radius 2 is 2.05 bits per heavy atom. The number of benzene rings is 1. The van der Waals surface area contributed by atoms with E-state index in [-0.39, 0.29) is 5.78 Å². The minimum atomic E-state index is 0.0167. The van der Waals surface area contributed by atoms with Crippen LogP contribution in [0.2, 0.25) is 0 Å². The van der Waals surface area contributed by atoms with Gasteiger partial charge in [0.2, 0.25) is 0 Å². The van der Waals surface area contributed by atoms with Gasteiger partial charge in [-0.1, -0.05) is 6.07 Å². The van der Waals surface area contributed by atoms with Crippen LogP contribution in [0.5, 0.6) is 5.75 Å². The highest BCUT2D eigenvalue weighted by molar-refractivity contribution is 5.93. The van der Waals surface area contributed by atoms with Crippen LogP contribution in [-0.4, -0.2) is 24.9 Å². The molecule has 0 unspecified atom stereocenters. The molecular weight excluding hydrogens is 240 g/mol. The maximum absolute atomic E-state index is 11.2. The summed E-state index contributed by atoms with van der Waals surface area (Å²) >= 11 is 0. The summed E-state index contributed by atoms with van der Waals surface area (Å²) in [6.07, 6.45) is 1.59. The zero-order valence-electron chi connectivity index (χ0n) is 11.3. The number of carbonyl (C=O) groups is 1. The van der Waals surface area contributed by atoms with Gasteiger partial charge in [0.15, 0.2) is 5.78 Å². The summed E-state index contributed by atoms with van der Waals surface area (Å²) in [5.74, 6) is 1.59. The average Bonchev–Trinajstić information content (AvgIpc) is 2.46. The van der Waals surface area contributed by atoms with E-state index in [0.717, 1.165) is 17.3 Å². The maximum Gasteiger partial charge on any atom is 0.161 e. The summed E-state index contributed by atoms with van der Waals surface area (Å²) in [4.78, 5) is 17.4. The number of aromatic nitrogens is 1. The number of methoxy groups -OCH3 is 1. The molecular formula is C15H16N2O2. The van der Waals surface area contributed by atoms with Crippen LogP contribution in [0.4, 0.5) is 11.5 Å². The number of rotatable bonds is 4. The van der Waals surface area contributed by atoms with E-state index in [1.54, 1.807) is 19.4 Å². The largest absolute Gasteiger partial charge is 0.497 e. The Morgan fingerprint density at radius 1 is 1.26 bits per heavy atom. The van der Waals surface area contributed by atoms with Crippen LogP contribution in [0.3, 0.4) is 0 Å². The second kappa shape index (κ2) is 5.52. The predicted octanol–water partition coefficient (Wildman–Crippen LogP) is 3.06. The first-order chi connectivity index (χ1) is 9.11. The second-order valence-corrected chi connectivity index (χ2v) is 4.22. The molecule has 4 heteroatoms. The molecule has 0 radical (unpaired) electrons. The van der Waals surface area contributed by atoms with Gasteiger partial charge in [-0.3, -0.25) is 4.79 Å². The quantitative estimate of drug-likeness (QED) is 0.788. The van der Waals surface area contributed by atoms with Gasteiger partial charge >= 0.3 is 0 Å². The van der Waals surface area contributed by atoms with E-state index in [9.17, 15) is 4.79 Å². The summed E-state index contributed by atoms with van der Waals surface area (Å²) in [7, 11) is 3.56. The molecule has 0 aliphatic heterocycles. The van der Waals surface area contributed by atoms with Crippen LogP contribution in [0.25, 0.3) is 0 Å². The van der Waals surface area contributed by atoms with Gasteiger partial charge in [0.25, 0.3) is 0 Å². The van der Waals surface area contributed by atoms with Crippen molar-refractivity contribution < 1.29 is 9.53 Å². The molecule has 0 aliphatic carbocycles. The fraction of sp³-hybridized carbons (Fsp3) is 0.200. The Bertz CT molecular complexity index is 579. The van der Waals surface area contributed by atoms with Crippen LogP contribution < -0.4 is 9.64 Å². The average molecular weight is 256 g/mol. The lowest BCUT2D eigenvalue weighted by Crippen LogP contribution is -2.11. The summed E-state index contributed by atoms with van der Waals surface area (Å²) in [5.41, 5.74) is 1.59. The zero-order valence-corrected chi connectivity index (χ0v) is 11.3. The van der Waals surface area contributed by atoms with Gasteiger partial charge in [0, 0.05) is 30.6 Å². The molecule has 4 nitrogen and oxygen atoms in total. The van der Waals surface area contributed by atoms with Crippen molar-refractivity contribution in [2.45, 2.75) is 6.92 Å². The summed E-state index contributed by atoms with van der Waals surface area (Å²) in [6, 6.07) is 11.3. The normalized spacial score (nSPS) is 10.1. The molecule has 0 N–H and O–H groups in total. The molecule has 0 amide bonds. The molecule has 2 rings (SSSR count). The van der Waals surface area contributed by atoms with E-state index < -0.39 is 0 Å². The molecule has 1 heterocycles. The fourth-order valence-electron chi connectivity index (χ4n) is 1.74. The number of anilines is 2. The Labute approximate surface area is 112 Å². The van der Waals surface area contributed by atoms with E-state index in [0.29, 0.717) is 5.56 Å². The molecule has 0 saturated heterocycles. The number of Topliss-reactive ketones (excluding diaryl/α,β-unsaturated/α-hetero) is 1. The molecule has 98 valence electrons. The third-order valence-corrected chi connectivity index (χ3v) is 2.94. The Balaban J connectivity index is 2.27. The molecule has 0 spiro atoms. The number of hydrogen-bond donors (Lipinski definition) is 0. The molecule has 0 saturated carbocycles. The van der Waals surface area contributed by atoms with E-state index in [4.69, 9.17) is 4.74 Å². The van der Waals surface area contributed by atoms with E-state index in [1.807, 2.05) is 42.3 Å². The molecule has 0 aliphatic rings. The van der Waals surface area contributed by atoms with Crippen molar-refractivity contribution in [3.63, 3.8) is 0 Å². The van der Waals surface area contributed by atoms with E-state index >= 15 is 0 Å². The third kappa shape index (κ3) is 2.91. The molecule has 0 bridgehead atoms. The fourth-order valence-corrected chi connectivity index (χ4v) is 1.74. The van der Waals surface area contributed by atoms with Crippen LogP contribution >= 0.6 is 0 Å². The van der Waals surface area contributed by atoms with Gasteiger partial charge in [-0.25, -0.2) is 4.98 Å². The van der Waals surface area contributed by atoms with Gasteiger partial charge in [0.1, 0.15) is 11.6 Å². The number of ketones is 1. The van der Waals surface area contributed by atoms with Gasteiger partial charge in [-0.15, -0.1) is 0 Å². The lowest BCUT2D eigenvalue weighted by atomic mass is 10.2. The maximum atomic E-state index is 11.2. The minimum absolute atomic E-state index is 0.0167. The first-order valence-corrected chi connectivity index (χ1v) is 5.96. The lowest BCUT2D eigenvalue weighted by molar-refractivity contribution is 0.101. The smallest absolute Gasteiger partial charge is 0.161 e. The monoisotopic (exact) mass is 256 g/mol. The summed E-state index contributed by atoms with van der Waals surface area (Å²) in [6.45, 7) is 1.53. The number of hydrogen-bond acceptors (Lipinski definition) is 4. The topological polar surface area (TPSA) is 42.4 Å². The predicted molar refractivity (Wildman–Crippen MR) is 75.3 cm³/mol. The highest BCUT2D eigenvalue weighted by Gasteiger charge is 2.07. The molecule has 2 aromatic rings. The van der Waals surface area contributed by atoms with Gasteiger partial charge in [-0.05, 0) is 31.2 Å². The van der Waals surface area contributed by atoms with Crippen molar-refractivity contribution in [3.05, 3.63) is 48.2 Å². The van der Waals surface area contributed by atoms with Gasteiger partial charge in [-0.2, -0.15) is 0 Å². The molecule has 19 heavy (non-hydrogen) atoms. The number of carbonyl (C=O) groups excluding carboxylic acids is 1. The SMILES string of the molecule is COc1cccc(N(C)c2ccc(C(C)=O)cn2)c1. The lowest BCUT2D eigenvalue weighted by Gasteiger charge is -2.19. The second-order valence-electron chi connectivity index (χ2n) is 4.22. The van der Waals surface area contributed by atoms with E-state index in [1.165, 1.54) is 6.92 Å². The molecule has 1 aromatic heterocycles. The number of pyridine rings is 1. The van der Waals surface area contributed by atoms with Crippen LogP contribution in [0.1, 0.15) is 17.3 Å². The van der Waals surface area contributed by atoms with Crippen molar-refractivity contribution in [1.29, 1.82) is 0 Å². The molecule has 0 atom stereocenters. The Kier molecular flexibility index (Phi) is 3.80. The van der Waals surface area contributed by atoms with Crippen LogP contribution in [0.15, 0.2) is 42.6 Å². The van der Waals surface area contributed by atoms with E-state index in [2.05, 4.69) is 4.98 Å². The number of nitrogens with zero attached hydrogens (tertiary/aromatic N) is 2. The minimum Gasteiger partial charge on any atom is -0.497 e. The van der Waals surface area contributed by atoms with Crippen molar-refractivity contribution >= 4 is 17.3 Å².